The molecule has 1 aromatic carbocycles. The predicted molar refractivity (Wildman–Crippen MR) is 74.3 cm³/mol. The molecule has 3 atom stereocenters. The molecule has 1 N–H and O–H groups in total. The fraction of sp³-hybridized carbons (Fsp3) is 0.600. The lowest BCUT2D eigenvalue weighted by Gasteiger charge is -2.19. The monoisotopic (exact) mass is 249 g/mol. The Hall–Kier alpha value is -1.22. The van der Waals surface area contributed by atoms with E-state index < -0.39 is 0 Å². The topological polar surface area (TPSA) is 30.5 Å². The standard InChI is InChI=1S/C15H23NO2/c1-4-11(2)18-14-7-5-6-13(10-14)16-15-8-9-17-12(15)3/h5-7,10-12,15-16H,4,8-9H2,1-3H3. The van der Waals surface area contributed by atoms with Gasteiger partial charge in [0.15, 0.2) is 0 Å². The van der Waals surface area contributed by atoms with Gasteiger partial charge in [0.05, 0.1) is 18.2 Å². The van der Waals surface area contributed by atoms with Crippen LogP contribution in [0.5, 0.6) is 5.75 Å². The van der Waals surface area contributed by atoms with Gasteiger partial charge >= 0.3 is 0 Å². The Kier molecular flexibility index (Phi) is 4.48. The third kappa shape index (κ3) is 3.39. The summed E-state index contributed by atoms with van der Waals surface area (Å²) < 4.78 is 11.4. The fourth-order valence-electron chi connectivity index (χ4n) is 2.11. The molecule has 100 valence electrons. The van der Waals surface area contributed by atoms with Crippen molar-refractivity contribution < 1.29 is 9.47 Å². The van der Waals surface area contributed by atoms with Gasteiger partial charge in [-0.25, -0.2) is 0 Å². The molecule has 0 spiro atoms. The van der Waals surface area contributed by atoms with Gasteiger partial charge in [-0.05, 0) is 38.8 Å². The molecule has 1 fully saturated rings. The van der Waals surface area contributed by atoms with Crippen molar-refractivity contribution in [1.82, 2.24) is 0 Å². The van der Waals surface area contributed by atoms with E-state index in [-0.39, 0.29) is 12.2 Å². The molecule has 3 unspecified atom stereocenters. The van der Waals surface area contributed by atoms with Crippen molar-refractivity contribution in [3.05, 3.63) is 24.3 Å². The van der Waals surface area contributed by atoms with Crippen molar-refractivity contribution in [1.29, 1.82) is 0 Å². The second-order valence-corrected chi connectivity index (χ2v) is 4.98. The quantitative estimate of drug-likeness (QED) is 0.867. The number of anilines is 1. The number of hydrogen-bond donors (Lipinski definition) is 1. The van der Waals surface area contributed by atoms with E-state index in [2.05, 4.69) is 38.2 Å². The summed E-state index contributed by atoms with van der Waals surface area (Å²) in [4.78, 5) is 0. The van der Waals surface area contributed by atoms with Crippen molar-refractivity contribution in [2.24, 2.45) is 0 Å². The number of rotatable bonds is 5. The maximum absolute atomic E-state index is 5.82. The van der Waals surface area contributed by atoms with E-state index in [9.17, 15) is 0 Å². The van der Waals surface area contributed by atoms with Gasteiger partial charge in [0.2, 0.25) is 0 Å². The molecule has 2 rings (SSSR count). The minimum Gasteiger partial charge on any atom is -0.491 e. The highest BCUT2D eigenvalue weighted by molar-refractivity contribution is 5.49. The third-order valence-corrected chi connectivity index (χ3v) is 3.47. The lowest BCUT2D eigenvalue weighted by molar-refractivity contribution is 0.121. The first-order chi connectivity index (χ1) is 8.69. The van der Waals surface area contributed by atoms with Crippen LogP contribution in [-0.4, -0.2) is 24.9 Å². The highest BCUT2D eigenvalue weighted by Gasteiger charge is 2.23. The predicted octanol–water partition coefficient (Wildman–Crippen LogP) is 3.45. The van der Waals surface area contributed by atoms with Crippen LogP contribution in [0.15, 0.2) is 24.3 Å². The van der Waals surface area contributed by atoms with Crippen molar-refractivity contribution in [2.75, 3.05) is 11.9 Å². The summed E-state index contributed by atoms with van der Waals surface area (Å²) in [6.45, 7) is 7.18. The normalized spacial score (nSPS) is 24.8. The molecular formula is C15H23NO2. The van der Waals surface area contributed by atoms with E-state index in [1.165, 1.54) is 0 Å². The molecule has 1 aromatic rings. The van der Waals surface area contributed by atoms with Crippen LogP contribution >= 0.6 is 0 Å². The van der Waals surface area contributed by atoms with Crippen molar-refractivity contribution >= 4 is 5.69 Å². The highest BCUT2D eigenvalue weighted by atomic mass is 16.5. The molecule has 1 saturated heterocycles. The summed E-state index contributed by atoms with van der Waals surface area (Å²) in [6, 6.07) is 8.59. The first-order valence-electron chi connectivity index (χ1n) is 6.84. The lowest BCUT2D eigenvalue weighted by atomic mass is 10.1. The molecule has 18 heavy (non-hydrogen) atoms. The van der Waals surface area contributed by atoms with Gasteiger partial charge in [0.25, 0.3) is 0 Å². The van der Waals surface area contributed by atoms with Crippen LogP contribution in [0.1, 0.15) is 33.6 Å². The fourth-order valence-corrected chi connectivity index (χ4v) is 2.11. The summed E-state index contributed by atoms with van der Waals surface area (Å²) in [5.74, 6) is 0.931. The van der Waals surface area contributed by atoms with Gasteiger partial charge < -0.3 is 14.8 Å². The molecule has 0 radical (unpaired) electrons. The Morgan fingerprint density at radius 2 is 2.33 bits per heavy atom. The minimum atomic E-state index is 0.258. The van der Waals surface area contributed by atoms with Crippen LogP contribution < -0.4 is 10.1 Å². The number of ether oxygens (including phenoxy) is 2. The molecule has 0 amide bonds. The van der Waals surface area contributed by atoms with Gasteiger partial charge in [-0.1, -0.05) is 13.0 Å². The second kappa shape index (κ2) is 6.10. The van der Waals surface area contributed by atoms with Crippen LogP contribution in [0, 0.1) is 0 Å². The molecule has 3 nitrogen and oxygen atoms in total. The van der Waals surface area contributed by atoms with Crippen LogP contribution in [0.2, 0.25) is 0 Å². The summed E-state index contributed by atoms with van der Waals surface area (Å²) in [7, 11) is 0. The third-order valence-electron chi connectivity index (χ3n) is 3.47. The molecule has 0 aromatic heterocycles. The van der Waals surface area contributed by atoms with Gasteiger partial charge in [-0.2, -0.15) is 0 Å². The van der Waals surface area contributed by atoms with Crippen molar-refractivity contribution in [2.45, 2.75) is 51.9 Å². The maximum atomic E-state index is 5.82. The summed E-state index contributed by atoms with van der Waals surface area (Å²) >= 11 is 0. The highest BCUT2D eigenvalue weighted by Crippen LogP contribution is 2.23. The molecule has 1 aliphatic rings. The Balaban J connectivity index is 1.98. The average molecular weight is 249 g/mol. The van der Waals surface area contributed by atoms with Crippen molar-refractivity contribution in [3.8, 4) is 5.75 Å². The first kappa shape index (κ1) is 13.2. The number of nitrogens with one attached hydrogen (secondary N) is 1. The summed E-state index contributed by atoms with van der Waals surface area (Å²) in [5.41, 5.74) is 1.11. The molecule has 0 aliphatic carbocycles. The largest absolute Gasteiger partial charge is 0.491 e. The first-order valence-corrected chi connectivity index (χ1v) is 6.84. The van der Waals surface area contributed by atoms with Gasteiger partial charge in [-0.15, -0.1) is 0 Å². The van der Waals surface area contributed by atoms with Gasteiger partial charge in [0, 0.05) is 18.4 Å². The zero-order chi connectivity index (χ0) is 13.0. The van der Waals surface area contributed by atoms with E-state index >= 15 is 0 Å². The number of hydrogen-bond acceptors (Lipinski definition) is 3. The SMILES string of the molecule is CCC(C)Oc1cccc(NC2CCOC2C)c1. The van der Waals surface area contributed by atoms with E-state index in [0.29, 0.717) is 6.04 Å². The summed E-state index contributed by atoms with van der Waals surface area (Å²) in [6.07, 6.45) is 2.63. The van der Waals surface area contributed by atoms with Crippen LogP contribution in [-0.2, 0) is 4.74 Å². The van der Waals surface area contributed by atoms with E-state index in [1.807, 2.05) is 12.1 Å². The Morgan fingerprint density at radius 3 is 3.00 bits per heavy atom. The second-order valence-electron chi connectivity index (χ2n) is 4.98. The molecule has 0 bridgehead atoms. The zero-order valence-corrected chi connectivity index (χ0v) is 11.5. The molecule has 1 heterocycles. The van der Waals surface area contributed by atoms with Gasteiger partial charge in [-0.3, -0.25) is 0 Å². The minimum absolute atomic E-state index is 0.258. The van der Waals surface area contributed by atoms with Crippen LogP contribution in [0.25, 0.3) is 0 Å². The maximum Gasteiger partial charge on any atom is 0.121 e. The van der Waals surface area contributed by atoms with E-state index in [0.717, 1.165) is 30.9 Å². The van der Waals surface area contributed by atoms with E-state index in [4.69, 9.17) is 9.47 Å². The van der Waals surface area contributed by atoms with Crippen LogP contribution in [0.3, 0.4) is 0 Å². The number of benzene rings is 1. The lowest BCUT2D eigenvalue weighted by Crippen LogP contribution is -2.26. The van der Waals surface area contributed by atoms with Gasteiger partial charge in [0.1, 0.15) is 5.75 Å². The smallest absolute Gasteiger partial charge is 0.121 e. The summed E-state index contributed by atoms with van der Waals surface area (Å²) in [5, 5.41) is 3.52. The van der Waals surface area contributed by atoms with Crippen LogP contribution in [0.4, 0.5) is 5.69 Å². The van der Waals surface area contributed by atoms with Crippen molar-refractivity contribution in [3.63, 3.8) is 0 Å². The van der Waals surface area contributed by atoms with E-state index in [1.54, 1.807) is 0 Å². The average Bonchev–Trinajstić information content (AvgIpc) is 2.75. The molecule has 3 heteroatoms. The molecule has 1 aliphatic heterocycles. The Morgan fingerprint density at radius 1 is 1.50 bits per heavy atom. The Bertz CT molecular complexity index is 381. The zero-order valence-electron chi connectivity index (χ0n) is 11.5. The molecule has 0 saturated carbocycles. The molecular weight excluding hydrogens is 226 g/mol. The Labute approximate surface area is 109 Å².